The third-order valence-corrected chi connectivity index (χ3v) is 4.86. The van der Waals surface area contributed by atoms with E-state index in [9.17, 15) is 20.0 Å². The number of H-pyrrole nitrogens is 1. The maximum absolute atomic E-state index is 12.4. The van der Waals surface area contributed by atoms with E-state index < -0.39 is 4.92 Å². The zero-order valence-electron chi connectivity index (χ0n) is 15.7. The minimum absolute atomic E-state index is 0.0205. The van der Waals surface area contributed by atoms with E-state index in [0.717, 1.165) is 17.3 Å². The number of hydrogen-bond acceptors (Lipinski definition) is 7. The van der Waals surface area contributed by atoms with E-state index in [2.05, 4.69) is 26.8 Å². The lowest BCUT2D eigenvalue weighted by molar-refractivity contribution is -0.384. The van der Waals surface area contributed by atoms with Gasteiger partial charge in [-0.2, -0.15) is 0 Å². The molecule has 0 aliphatic rings. The number of thioether (sulfide) groups is 1. The second-order valence-corrected chi connectivity index (χ2v) is 6.94. The topological polar surface area (TPSA) is 133 Å². The average molecular weight is 423 g/mol. The highest BCUT2D eigenvalue weighted by molar-refractivity contribution is 8.14. The van der Waals surface area contributed by atoms with Crippen LogP contribution in [0.4, 0.5) is 11.4 Å². The predicted molar refractivity (Wildman–Crippen MR) is 117 cm³/mol. The van der Waals surface area contributed by atoms with Crippen molar-refractivity contribution in [1.29, 1.82) is 0 Å². The van der Waals surface area contributed by atoms with Gasteiger partial charge in [0.1, 0.15) is 0 Å². The summed E-state index contributed by atoms with van der Waals surface area (Å²) in [5.41, 5.74) is 1.26. The number of nitro benzene ring substituents is 1. The molecule has 1 heterocycles. The second kappa shape index (κ2) is 9.61. The lowest BCUT2D eigenvalue weighted by atomic mass is 10.1. The molecule has 0 bridgehead atoms. The van der Waals surface area contributed by atoms with Gasteiger partial charge in [0.15, 0.2) is 11.5 Å². The number of carbonyl (C=O) groups excluding carboxylic acids is 1. The van der Waals surface area contributed by atoms with Crippen LogP contribution in [-0.4, -0.2) is 38.3 Å². The van der Waals surface area contributed by atoms with Crippen LogP contribution in [0.1, 0.15) is 10.4 Å². The third-order valence-electron chi connectivity index (χ3n) is 3.98. The van der Waals surface area contributed by atoms with Crippen LogP contribution in [0.25, 0.3) is 10.9 Å². The first-order valence-electron chi connectivity index (χ1n) is 8.77. The minimum Gasteiger partial charge on any atom is -0.493 e. The molecule has 0 saturated carbocycles. The van der Waals surface area contributed by atoms with Crippen LogP contribution in [-0.2, 0) is 0 Å². The van der Waals surface area contributed by atoms with E-state index in [0.29, 0.717) is 10.9 Å². The summed E-state index contributed by atoms with van der Waals surface area (Å²) in [5, 5.41) is 29.9. The number of benzene rings is 2. The maximum Gasteiger partial charge on any atom is 0.269 e. The predicted octanol–water partition coefficient (Wildman–Crippen LogP) is 5.02. The first kappa shape index (κ1) is 20.9. The molecule has 0 amide bonds. The fourth-order valence-electron chi connectivity index (χ4n) is 2.54. The molecule has 0 radical (unpaired) electrons. The van der Waals surface area contributed by atoms with Gasteiger partial charge in [0.25, 0.3) is 5.69 Å². The molecule has 9 nitrogen and oxygen atoms in total. The van der Waals surface area contributed by atoms with Gasteiger partial charge < -0.3 is 10.1 Å². The summed E-state index contributed by atoms with van der Waals surface area (Å²) in [6.45, 7) is 3.89. The lowest BCUT2D eigenvalue weighted by Crippen LogP contribution is -2.05. The van der Waals surface area contributed by atoms with Gasteiger partial charge in [-0.3, -0.25) is 19.9 Å². The van der Waals surface area contributed by atoms with Crippen molar-refractivity contribution in [1.82, 2.24) is 4.98 Å². The van der Waals surface area contributed by atoms with Gasteiger partial charge in [0.05, 0.1) is 22.7 Å². The average Bonchev–Trinajstić information content (AvgIpc) is 3.08. The quantitative estimate of drug-likeness (QED) is 0.105. The van der Waals surface area contributed by atoms with Crippen molar-refractivity contribution in [3.8, 4) is 5.88 Å². The first-order valence-corrected chi connectivity index (χ1v) is 9.75. The van der Waals surface area contributed by atoms with Crippen LogP contribution >= 0.6 is 11.8 Å². The summed E-state index contributed by atoms with van der Waals surface area (Å²) in [7, 11) is 0. The van der Waals surface area contributed by atoms with E-state index in [1.54, 1.807) is 18.2 Å². The molecule has 30 heavy (non-hydrogen) atoms. The highest BCUT2D eigenvalue weighted by Crippen LogP contribution is 2.35. The van der Waals surface area contributed by atoms with Crippen molar-refractivity contribution in [2.45, 2.75) is 0 Å². The number of ketones is 1. The monoisotopic (exact) mass is 423 g/mol. The Morgan fingerprint density at radius 3 is 2.67 bits per heavy atom. The molecular formula is C20H17N5O4S. The van der Waals surface area contributed by atoms with Crippen LogP contribution in [0.2, 0.25) is 0 Å². The second-order valence-electron chi connectivity index (χ2n) is 6.00. The van der Waals surface area contributed by atoms with Crippen molar-refractivity contribution in [2.24, 2.45) is 15.2 Å². The van der Waals surface area contributed by atoms with Gasteiger partial charge in [0, 0.05) is 23.1 Å². The van der Waals surface area contributed by atoms with Gasteiger partial charge in [-0.05, 0) is 18.2 Å². The number of amidine groups is 1. The van der Waals surface area contributed by atoms with Crippen LogP contribution in [0.15, 0.2) is 76.4 Å². The van der Waals surface area contributed by atoms with Crippen molar-refractivity contribution in [2.75, 3.05) is 12.3 Å². The number of carbonyl (C=O) groups is 1. The molecule has 152 valence electrons. The van der Waals surface area contributed by atoms with Crippen molar-refractivity contribution in [3.05, 3.63) is 76.9 Å². The van der Waals surface area contributed by atoms with Gasteiger partial charge in [0.2, 0.25) is 11.0 Å². The number of aromatic hydroxyl groups is 1. The Morgan fingerprint density at radius 1 is 1.23 bits per heavy atom. The molecule has 0 unspecified atom stereocenters. The smallest absolute Gasteiger partial charge is 0.269 e. The number of hydrogen-bond donors (Lipinski definition) is 2. The molecule has 2 N–H and O–H groups in total. The highest BCUT2D eigenvalue weighted by Gasteiger charge is 2.13. The van der Waals surface area contributed by atoms with E-state index in [-0.39, 0.29) is 40.5 Å². The summed E-state index contributed by atoms with van der Waals surface area (Å²) in [6, 6.07) is 12.6. The first-order chi connectivity index (χ1) is 14.5. The Balaban J connectivity index is 1.74. The Kier molecular flexibility index (Phi) is 6.71. The van der Waals surface area contributed by atoms with Crippen molar-refractivity contribution in [3.63, 3.8) is 0 Å². The summed E-state index contributed by atoms with van der Waals surface area (Å²) >= 11 is 1.07. The van der Waals surface area contributed by atoms with Gasteiger partial charge in [-0.1, -0.05) is 36.0 Å². The summed E-state index contributed by atoms with van der Waals surface area (Å²) in [6.07, 6.45) is 1.58. The molecule has 10 heteroatoms. The lowest BCUT2D eigenvalue weighted by Gasteiger charge is -2.01. The van der Waals surface area contributed by atoms with Crippen molar-refractivity contribution >= 4 is 45.0 Å². The number of aromatic amines is 1. The molecule has 3 aromatic rings. The molecule has 0 aliphatic heterocycles. The normalized spacial score (nSPS) is 11.8. The number of rotatable bonds is 7. The number of non-ortho nitro benzene ring substituents is 1. The molecule has 2 aromatic carbocycles. The summed E-state index contributed by atoms with van der Waals surface area (Å²) in [5.74, 6) is -0.325. The third kappa shape index (κ3) is 4.97. The van der Waals surface area contributed by atoms with E-state index in [1.807, 2.05) is 12.1 Å². The van der Waals surface area contributed by atoms with E-state index in [1.165, 1.54) is 24.3 Å². The maximum atomic E-state index is 12.4. The number of nitro groups is 1. The number of nitrogens with one attached hydrogen (secondary N) is 1. The van der Waals surface area contributed by atoms with Crippen LogP contribution in [0.5, 0.6) is 5.88 Å². The van der Waals surface area contributed by atoms with Crippen LogP contribution < -0.4 is 0 Å². The number of azo groups is 1. The molecule has 0 fully saturated rings. The SMILES string of the molecule is C=CCN=C(N=Nc1c(O)[nH]c2ccccc12)SCC(=O)c1ccc([N+](=O)[O-])cc1. The van der Waals surface area contributed by atoms with E-state index in [4.69, 9.17) is 0 Å². The fourth-order valence-corrected chi connectivity index (χ4v) is 3.23. The molecule has 0 saturated heterocycles. The zero-order chi connectivity index (χ0) is 21.5. The molecular weight excluding hydrogens is 406 g/mol. The Bertz CT molecular complexity index is 1150. The number of nitrogens with zero attached hydrogens (tertiary/aromatic N) is 4. The summed E-state index contributed by atoms with van der Waals surface area (Å²) < 4.78 is 0. The Hall–Kier alpha value is -3.79. The van der Waals surface area contributed by atoms with Crippen LogP contribution in [0, 0.1) is 10.1 Å². The number of fused-ring (bicyclic) bond motifs is 1. The Labute approximate surface area is 175 Å². The molecule has 0 atom stereocenters. The summed E-state index contributed by atoms with van der Waals surface area (Å²) in [4.78, 5) is 29.6. The highest BCUT2D eigenvalue weighted by atomic mass is 32.2. The van der Waals surface area contributed by atoms with Gasteiger partial charge in [-0.25, -0.2) is 0 Å². The van der Waals surface area contributed by atoms with Crippen LogP contribution in [0.3, 0.4) is 0 Å². The zero-order valence-corrected chi connectivity index (χ0v) is 16.5. The largest absolute Gasteiger partial charge is 0.493 e. The molecule has 3 rings (SSSR count). The minimum atomic E-state index is -0.524. The number of aliphatic imine (C=N–C) groups is 1. The fraction of sp³-hybridized carbons (Fsp3) is 0.100. The molecule has 1 aromatic heterocycles. The number of para-hydroxylation sites is 1. The van der Waals surface area contributed by atoms with Gasteiger partial charge >= 0.3 is 0 Å². The molecule has 0 spiro atoms. The Morgan fingerprint density at radius 2 is 1.97 bits per heavy atom. The standard InChI is InChI=1S/C20H17N5O4S/c1-2-11-21-20(24-23-18-15-5-3-4-6-16(15)22-19(18)27)30-12-17(26)13-7-9-14(10-8-13)25(28)29/h2-10,22,27H,1,11-12H2. The van der Waals surface area contributed by atoms with Crippen molar-refractivity contribution < 1.29 is 14.8 Å². The number of Topliss-reactive ketones (excluding diaryl/α,β-unsaturated/α-hetero) is 1. The number of aromatic nitrogens is 1. The van der Waals surface area contributed by atoms with Gasteiger partial charge in [-0.15, -0.1) is 16.8 Å². The van der Waals surface area contributed by atoms with E-state index >= 15 is 0 Å². The molecule has 0 aliphatic carbocycles.